The van der Waals surface area contributed by atoms with Crippen LogP contribution >= 0.6 is 0 Å². The summed E-state index contributed by atoms with van der Waals surface area (Å²) in [5.41, 5.74) is 0.591. The molecule has 1 amide bonds. The molecule has 2 aliphatic rings. The molecular formula is C19H27N3O4. The second-order valence-electron chi connectivity index (χ2n) is 6.83. The van der Waals surface area contributed by atoms with Gasteiger partial charge >= 0.3 is 5.97 Å². The van der Waals surface area contributed by atoms with Crippen molar-refractivity contribution in [3.8, 4) is 5.75 Å². The first-order valence-corrected chi connectivity index (χ1v) is 9.32. The van der Waals surface area contributed by atoms with Crippen molar-refractivity contribution in [3.05, 3.63) is 29.8 Å². The number of amides is 1. The average Bonchev–Trinajstić information content (AvgIpc) is 2.68. The van der Waals surface area contributed by atoms with E-state index in [2.05, 4.69) is 10.2 Å². The lowest BCUT2D eigenvalue weighted by atomic mass is 10.0. The summed E-state index contributed by atoms with van der Waals surface area (Å²) in [5, 5.41) is 12.1. The SMILES string of the molecule is O=C(O)CCOc1cccc(C(=O)N2CCN(C3CCNCC3)CC2)c1. The van der Waals surface area contributed by atoms with Gasteiger partial charge in [-0.25, -0.2) is 0 Å². The van der Waals surface area contributed by atoms with Gasteiger partial charge in [0.05, 0.1) is 13.0 Å². The molecule has 0 atom stereocenters. The Hall–Kier alpha value is -2.12. The first-order valence-electron chi connectivity index (χ1n) is 9.32. The fraction of sp³-hybridized carbons (Fsp3) is 0.579. The number of carboxylic acids is 1. The van der Waals surface area contributed by atoms with Crippen LogP contribution in [0, 0.1) is 0 Å². The van der Waals surface area contributed by atoms with Gasteiger partial charge in [0, 0.05) is 37.8 Å². The average molecular weight is 361 g/mol. The van der Waals surface area contributed by atoms with Crippen LogP contribution in [-0.2, 0) is 4.79 Å². The number of benzene rings is 1. The third kappa shape index (κ3) is 4.95. The zero-order valence-electron chi connectivity index (χ0n) is 15.0. The second-order valence-corrected chi connectivity index (χ2v) is 6.83. The molecule has 0 unspecified atom stereocenters. The Morgan fingerprint density at radius 2 is 1.88 bits per heavy atom. The van der Waals surface area contributed by atoms with Crippen LogP contribution in [0.5, 0.6) is 5.75 Å². The van der Waals surface area contributed by atoms with Crippen molar-refractivity contribution in [2.45, 2.75) is 25.3 Å². The van der Waals surface area contributed by atoms with Gasteiger partial charge in [-0.15, -0.1) is 0 Å². The lowest BCUT2D eigenvalue weighted by molar-refractivity contribution is -0.137. The van der Waals surface area contributed by atoms with Crippen molar-refractivity contribution in [2.24, 2.45) is 0 Å². The minimum atomic E-state index is -0.899. The fourth-order valence-electron chi connectivity index (χ4n) is 3.62. The molecule has 7 heteroatoms. The van der Waals surface area contributed by atoms with Crippen molar-refractivity contribution >= 4 is 11.9 Å². The topological polar surface area (TPSA) is 82.1 Å². The van der Waals surface area contributed by atoms with Crippen LogP contribution in [0.2, 0.25) is 0 Å². The number of carboxylic acid groups (broad SMARTS) is 1. The predicted molar refractivity (Wildman–Crippen MR) is 97.6 cm³/mol. The highest BCUT2D eigenvalue weighted by Gasteiger charge is 2.27. The minimum Gasteiger partial charge on any atom is -0.493 e. The van der Waals surface area contributed by atoms with Crippen molar-refractivity contribution in [1.82, 2.24) is 15.1 Å². The van der Waals surface area contributed by atoms with E-state index < -0.39 is 5.97 Å². The molecule has 142 valence electrons. The van der Waals surface area contributed by atoms with Crippen LogP contribution in [0.25, 0.3) is 0 Å². The Morgan fingerprint density at radius 1 is 1.15 bits per heavy atom. The molecule has 0 aromatic heterocycles. The molecule has 2 fully saturated rings. The van der Waals surface area contributed by atoms with Gasteiger partial charge in [-0.3, -0.25) is 14.5 Å². The van der Waals surface area contributed by atoms with E-state index in [1.807, 2.05) is 4.90 Å². The Labute approximate surface area is 153 Å². The number of piperidine rings is 1. The summed E-state index contributed by atoms with van der Waals surface area (Å²) >= 11 is 0. The number of rotatable bonds is 6. The molecule has 26 heavy (non-hydrogen) atoms. The molecule has 0 saturated carbocycles. The van der Waals surface area contributed by atoms with Crippen molar-refractivity contribution in [1.29, 1.82) is 0 Å². The lowest BCUT2D eigenvalue weighted by Crippen LogP contribution is -2.53. The smallest absolute Gasteiger partial charge is 0.306 e. The normalized spacial score (nSPS) is 19.3. The van der Waals surface area contributed by atoms with E-state index in [0.29, 0.717) is 17.4 Å². The van der Waals surface area contributed by atoms with Crippen molar-refractivity contribution in [2.75, 3.05) is 45.9 Å². The molecule has 0 aliphatic carbocycles. The Kier molecular flexibility index (Phi) is 6.46. The van der Waals surface area contributed by atoms with Gasteiger partial charge < -0.3 is 20.1 Å². The molecule has 0 bridgehead atoms. The number of hydrogen-bond donors (Lipinski definition) is 2. The highest BCUT2D eigenvalue weighted by molar-refractivity contribution is 5.94. The molecule has 1 aromatic rings. The summed E-state index contributed by atoms with van der Waals surface area (Å²) < 4.78 is 5.43. The molecule has 1 aromatic carbocycles. The molecule has 2 aliphatic heterocycles. The monoisotopic (exact) mass is 361 g/mol. The van der Waals surface area contributed by atoms with Crippen LogP contribution in [0.15, 0.2) is 24.3 Å². The fourth-order valence-corrected chi connectivity index (χ4v) is 3.62. The number of aliphatic carboxylic acids is 1. The largest absolute Gasteiger partial charge is 0.493 e. The Bertz CT molecular complexity index is 623. The zero-order valence-corrected chi connectivity index (χ0v) is 15.0. The van der Waals surface area contributed by atoms with Gasteiger partial charge in [-0.2, -0.15) is 0 Å². The van der Waals surface area contributed by atoms with Gasteiger partial charge in [0.25, 0.3) is 5.91 Å². The third-order valence-corrected chi connectivity index (χ3v) is 5.09. The molecule has 3 rings (SSSR count). The van der Waals surface area contributed by atoms with E-state index >= 15 is 0 Å². The van der Waals surface area contributed by atoms with Crippen molar-refractivity contribution < 1.29 is 19.4 Å². The number of ether oxygens (including phenoxy) is 1. The van der Waals surface area contributed by atoms with E-state index in [0.717, 1.165) is 39.3 Å². The van der Waals surface area contributed by atoms with Crippen LogP contribution in [0.1, 0.15) is 29.6 Å². The molecular weight excluding hydrogens is 334 g/mol. The third-order valence-electron chi connectivity index (χ3n) is 5.09. The van der Waals surface area contributed by atoms with Crippen LogP contribution in [0.4, 0.5) is 0 Å². The maximum Gasteiger partial charge on any atom is 0.306 e. The predicted octanol–water partition coefficient (Wildman–Crippen LogP) is 1.05. The van der Waals surface area contributed by atoms with E-state index in [9.17, 15) is 9.59 Å². The number of piperazine rings is 1. The van der Waals surface area contributed by atoms with Crippen molar-refractivity contribution in [3.63, 3.8) is 0 Å². The van der Waals surface area contributed by atoms with Gasteiger partial charge in [0.2, 0.25) is 0 Å². The summed E-state index contributed by atoms with van der Waals surface area (Å²) in [6.07, 6.45) is 2.31. The van der Waals surface area contributed by atoms with Gasteiger partial charge in [0.1, 0.15) is 5.75 Å². The molecule has 0 radical (unpaired) electrons. The summed E-state index contributed by atoms with van der Waals surface area (Å²) in [5.74, 6) is -0.354. The van der Waals surface area contributed by atoms with E-state index in [1.54, 1.807) is 24.3 Å². The zero-order chi connectivity index (χ0) is 18.4. The minimum absolute atomic E-state index is 0.0126. The molecule has 7 nitrogen and oxygen atoms in total. The van der Waals surface area contributed by atoms with Gasteiger partial charge in [-0.05, 0) is 44.1 Å². The summed E-state index contributed by atoms with van der Waals surface area (Å²) in [7, 11) is 0. The molecule has 0 spiro atoms. The van der Waals surface area contributed by atoms with E-state index in [-0.39, 0.29) is 18.9 Å². The molecule has 2 heterocycles. The standard InChI is InChI=1S/C19H27N3O4/c23-18(24)6-13-26-17-3-1-2-15(14-17)19(25)22-11-9-21(10-12-22)16-4-7-20-8-5-16/h1-3,14,16,20H,4-13H2,(H,23,24). The number of nitrogens with one attached hydrogen (secondary N) is 1. The summed E-state index contributed by atoms with van der Waals surface area (Å²) in [6.45, 7) is 5.59. The molecule has 2 N–H and O–H groups in total. The number of carbonyl (C=O) groups is 2. The van der Waals surface area contributed by atoms with Crippen LogP contribution in [-0.4, -0.2) is 78.7 Å². The quantitative estimate of drug-likeness (QED) is 0.788. The number of carbonyl (C=O) groups excluding carboxylic acids is 1. The Morgan fingerprint density at radius 3 is 2.58 bits per heavy atom. The van der Waals surface area contributed by atoms with Crippen LogP contribution < -0.4 is 10.1 Å². The highest BCUT2D eigenvalue weighted by atomic mass is 16.5. The first kappa shape index (κ1) is 18.7. The summed E-state index contributed by atoms with van der Waals surface area (Å²) in [6, 6.07) is 7.64. The van der Waals surface area contributed by atoms with Gasteiger partial charge in [-0.1, -0.05) is 6.07 Å². The van der Waals surface area contributed by atoms with E-state index in [1.165, 1.54) is 12.8 Å². The molecule has 2 saturated heterocycles. The Balaban J connectivity index is 1.52. The second kappa shape index (κ2) is 9.00. The maximum absolute atomic E-state index is 12.8. The van der Waals surface area contributed by atoms with E-state index in [4.69, 9.17) is 9.84 Å². The lowest BCUT2D eigenvalue weighted by Gasteiger charge is -2.40. The van der Waals surface area contributed by atoms with Gasteiger partial charge in [0.15, 0.2) is 0 Å². The summed E-state index contributed by atoms with van der Waals surface area (Å²) in [4.78, 5) is 27.7. The van der Waals surface area contributed by atoms with Crippen LogP contribution in [0.3, 0.4) is 0 Å². The number of hydrogen-bond acceptors (Lipinski definition) is 5. The highest BCUT2D eigenvalue weighted by Crippen LogP contribution is 2.18. The first-order chi connectivity index (χ1) is 12.6. The number of nitrogens with zero attached hydrogens (tertiary/aromatic N) is 2. The maximum atomic E-state index is 12.8.